The lowest BCUT2D eigenvalue weighted by Gasteiger charge is -2.12. The molecular weight excluding hydrogens is 312 g/mol. The first-order valence-corrected chi connectivity index (χ1v) is 8.92. The van der Waals surface area contributed by atoms with Crippen LogP contribution >= 0.6 is 0 Å². The maximum absolute atomic E-state index is 11.4. The van der Waals surface area contributed by atoms with E-state index in [2.05, 4.69) is 0 Å². The van der Waals surface area contributed by atoms with E-state index in [1.54, 1.807) is 12.1 Å². The first kappa shape index (κ1) is 15.4. The minimum Gasteiger partial charge on any atom is -0.488 e. The van der Waals surface area contributed by atoms with Crippen LogP contribution < -0.4 is 8.92 Å². The quantitative estimate of drug-likeness (QED) is 0.669. The van der Waals surface area contributed by atoms with Gasteiger partial charge in [-0.3, -0.25) is 0 Å². The average molecular weight is 328 g/mol. The molecule has 0 fully saturated rings. The Bertz CT molecular complexity index is 918. The van der Waals surface area contributed by atoms with Gasteiger partial charge in [-0.05, 0) is 17.7 Å². The van der Waals surface area contributed by atoms with Crippen LogP contribution in [0.2, 0.25) is 0 Å². The monoisotopic (exact) mass is 328 g/mol. The van der Waals surface area contributed by atoms with Gasteiger partial charge in [0, 0.05) is 10.8 Å². The molecule has 3 aromatic rings. The molecule has 3 aromatic carbocycles. The molecule has 5 heteroatoms. The van der Waals surface area contributed by atoms with Crippen LogP contribution in [0.5, 0.6) is 11.5 Å². The van der Waals surface area contributed by atoms with Crippen molar-refractivity contribution in [2.24, 2.45) is 0 Å². The molecular formula is C18H16O4S. The lowest BCUT2D eigenvalue weighted by molar-refractivity contribution is 0.310. The smallest absolute Gasteiger partial charge is 0.306 e. The van der Waals surface area contributed by atoms with Gasteiger partial charge in [0.15, 0.2) is 5.75 Å². The van der Waals surface area contributed by atoms with Crippen molar-refractivity contribution in [3.8, 4) is 11.5 Å². The zero-order chi connectivity index (χ0) is 16.3. The van der Waals surface area contributed by atoms with Gasteiger partial charge in [0.05, 0.1) is 6.26 Å². The molecule has 0 aliphatic rings. The average Bonchev–Trinajstić information content (AvgIpc) is 2.54. The number of hydrogen-bond donors (Lipinski definition) is 0. The Hall–Kier alpha value is -2.53. The summed E-state index contributed by atoms with van der Waals surface area (Å²) in [7, 11) is -3.58. The fourth-order valence-corrected chi connectivity index (χ4v) is 2.81. The largest absolute Gasteiger partial charge is 0.488 e. The second-order valence-electron chi connectivity index (χ2n) is 5.17. The Morgan fingerprint density at radius 2 is 1.35 bits per heavy atom. The van der Waals surface area contributed by atoms with Crippen LogP contribution in [-0.4, -0.2) is 14.7 Å². The van der Waals surface area contributed by atoms with E-state index in [4.69, 9.17) is 8.92 Å². The number of fused-ring (bicyclic) bond motifs is 1. The van der Waals surface area contributed by atoms with E-state index in [1.165, 1.54) is 0 Å². The topological polar surface area (TPSA) is 52.6 Å². The van der Waals surface area contributed by atoms with Gasteiger partial charge < -0.3 is 8.92 Å². The molecule has 23 heavy (non-hydrogen) atoms. The zero-order valence-corrected chi connectivity index (χ0v) is 13.4. The van der Waals surface area contributed by atoms with Crippen molar-refractivity contribution < 1.29 is 17.3 Å². The fourth-order valence-electron chi connectivity index (χ4n) is 2.34. The summed E-state index contributed by atoms with van der Waals surface area (Å²) in [4.78, 5) is 0. The van der Waals surface area contributed by atoms with E-state index in [0.717, 1.165) is 17.2 Å². The van der Waals surface area contributed by atoms with Gasteiger partial charge in [0.2, 0.25) is 0 Å². The van der Waals surface area contributed by atoms with Crippen molar-refractivity contribution in [1.82, 2.24) is 0 Å². The number of benzene rings is 3. The fraction of sp³-hybridized carbons (Fsp3) is 0.111. The van der Waals surface area contributed by atoms with Gasteiger partial charge >= 0.3 is 10.1 Å². The summed E-state index contributed by atoms with van der Waals surface area (Å²) in [5, 5.41) is 1.51. The normalized spacial score (nSPS) is 11.3. The lowest BCUT2D eigenvalue weighted by Crippen LogP contribution is -2.06. The van der Waals surface area contributed by atoms with E-state index in [9.17, 15) is 8.42 Å². The molecule has 0 radical (unpaired) electrons. The van der Waals surface area contributed by atoms with E-state index < -0.39 is 10.1 Å². The van der Waals surface area contributed by atoms with Crippen LogP contribution in [0.15, 0.2) is 66.7 Å². The lowest BCUT2D eigenvalue weighted by atomic mass is 10.1. The predicted molar refractivity (Wildman–Crippen MR) is 90.2 cm³/mol. The molecule has 0 unspecified atom stereocenters. The van der Waals surface area contributed by atoms with Gasteiger partial charge in [-0.25, -0.2) is 0 Å². The van der Waals surface area contributed by atoms with E-state index in [1.807, 2.05) is 54.6 Å². The molecule has 0 N–H and O–H groups in total. The minimum absolute atomic E-state index is 0.301. The summed E-state index contributed by atoms with van der Waals surface area (Å²) in [5.74, 6) is 0.987. The third-order valence-electron chi connectivity index (χ3n) is 3.32. The van der Waals surface area contributed by atoms with Crippen LogP contribution in [0.3, 0.4) is 0 Å². The summed E-state index contributed by atoms with van der Waals surface area (Å²) in [6.07, 6.45) is 1.03. The minimum atomic E-state index is -3.58. The van der Waals surface area contributed by atoms with Crippen LogP contribution in [0.25, 0.3) is 10.8 Å². The van der Waals surface area contributed by atoms with Crippen molar-refractivity contribution in [1.29, 1.82) is 0 Å². The highest BCUT2D eigenvalue weighted by molar-refractivity contribution is 7.86. The number of ether oxygens (including phenoxy) is 1. The Morgan fingerprint density at radius 3 is 2.00 bits per heavy atom. The van der Waals surface area contributed by atoms with Crippen LogP contribution in [0, 0.1) is 0 Å². The van der Waals surface area contributed by atoms with Crippen LogP contribution in [0.1, 0.15) is 5.56 Å². The van der Waals surface area contributed by atoms with Crippen LogP contribution in [-0.2, 0) is 16.7 Å². The van der Waals surface area contributed by atoms with Crippen molar-refractivity contribution in [3.05, 3.63) is 72.3 Å². The highest BCUT2D eigenvalue weighted by Crippen LogP contribution is 2.34. The summed E-state index contributed by atoms with van der Waals surface area (Å²) in [6, 6.07) is 20.6. The first-order chi connectivity index (χ1) is 11.0. The second-order valence-corrected chi connectivity index (χ2v) is 6.74. The molecule has 0 aliphatic heterocycles. The van der Waals surface area contributed by atoms with E-state index in [-0.39, 0.29) is 0 Å². The molecule has 0 saturated carbocycles. The molecule has 0 atom stereocenters. The maximum Gasteiger partial charge on any atom is 0.306 e. The zero-order valence-electron chi connectivity index (χ0n) is 12.6. The maximum atomic E-state index is 11.4. The molecule has 4 nitrogen and oxygen atoms in total. The Labute approximate surface area is 135 Å². The summed E-state index contributed by atoms with van der Waals surface area (Å²) in [5.41, 5.74) is 1.06. The Morgan fingerprint density at radius 1 is 0.783 bits per heavy atom. The highest BCUT2D eigenvalue weighted by atomic mass is 32.2. The number of hydrogen-bond acceptors (Lipinski definition) is 4. The van der Waals surface area contributed by atoms with Crippen LogP contribution in [0.4, 0.5) is 0 Å². The van der Waals surface area contributed by atoms with Gasteiger partial charge in [0.1, 0.15) is 12.4 Å². The van der Waals surface area contributed by atoms with Gasteiger partial charge in [-0.15, -0.1) is 0 Å². The van der Waals surface area contributed by atoms with E-state index >= 15 is 0 Å². The van der Waals surface area contributed by atoms with Gasteiger partial charge in [-0.2, -0.15) is 8.42 Å². The molecule has 0 aliphatic carbocycles. The summed E-state index contributed by atoms with van der Waals surface area (Å²) >= 11 is 0. The molecule has 0 bridgehead atoms. The standard InChI is InChI=1S/C18H16O4S/c1-23(19,20)22-18-12-11-17(15-9-5-6-10-16(15)18)21-13-14-7-3-2-4-8-14/h2-12H,13H2,1H3. The number of rotatable bonds is 5. The Balaban J connectivity index is 1.94. The van der Waals surface area contributed by atoms with Crippen molar-refractivity contribution >= 4 is 20.9 Å². The molecule has 118 valence electrons. The molecule has 0 aromatic heterocycles. The van der Waals surface area contributed by atoms with Crippen molar-refractivity contribution in [2.75, 3.05) is 6.26 Å². The summed E-state index contributed by atoms with van der Waals surface area (Å²) < 4.78 is 33.7. The predicted octanol–water partition coefficient (Wildman–Crippen LogP) is 3.76. The first-order valence-electron chi connectivity index (χ1n) is 7.11. The SMILES string of the molecule is CS(=O)(=O)Oc1ccc(OCc2ccccc2)c2ccccc12. The molecule has 0 heterocycles. The molecule has 3 rings (SSSR count). The third-order valence-corrected chi connectivity index (χ3v) is 3.80. The molecule has 0 amide bonds. The van der Waals surface area contributed by atoms with E-state index in [0.29, 0.717) is 23.5 Å². The van der Waals surface area contributed by atoms with Gasteiger partial charge in [0.25, 0.3) is 0 Å². The van der Waals surface area contributed by atoms with Gasteiger partial charge in [-0.1, -0.05) is 54.6 Å². The second kappa shape index (κ2) is 6.30. The van der Waals surface area contributed by atoms with Crippen molar-refractivity contribution in [2.45, 2.75) is 6.61 Å². The summed E-state index contributed by atoms with van der Waals surface area (Å²) in [6.45, 7) is 0.442. The Kier molecular flexibility index (Phi) is 4.21. The third kappa shape index (κ3) is 3.81. The van der Waals surface area contributed by atoms with Crippen molar-refractivity contribution in [3.63, 3.8) is 0 Å². The molecule has 0 saturated heterocycles. The molecule has 0 spiro atoms. The highest BCUT2D eigenvalue weighted by Gasteiger charge is 2.11.